The van der Waals surface area contributed by atoms with Crippen molar-refractivity contribution in [2.75, 3.05) is 26.4 Å². The first-order valence-corrected chi connectivity index (χ1v) is 46.4. The highest BCUT2D eigenvalue weighted by atomic mass is 16.8. The third-order valence-electron chi connectivity index (χ3n) is 27.6. The second-order valence-electron chi connectivity index (χ2n) is 36.7. The van der Waals surface area contributed by atoms with Crippen molar-refractivity contribution in [3.8, 4) is 0 Å². The van der Waals surface area contributed by atoms with Crippen molar-refractivity contribution in [2.24, 2.45) is 58.4 Å². The average Bonchev–Trinajstić information content (AvgIpc) is 1.52. The van der Waals surface area contributed by atoms with Gasteiger partial charge in [0.05, 0.1) is 116 Å². The smallest absolute Gasteiger partial charge is 0.185 e. The quantitative estimate of drug-likeness (QED) is 0.0197. The second-order valence-corrected chi connectivity index (χ2v) is 36.7. The van der Waals surface area contributed by atoms with Crippen molar-refractivity contribution in [2.45, 2.75) is 283 Å². The largest absolute Gasteiger partial charge is 0.374 e. The first-order chi connectivity index (χ1) is 62.3. The Balaban J connectivity index is 0.738. The van der Waals surface area contributed by atoms with E-state index in [0.29, 0.717) is 26.4 Å². The van der Waals surface area contributed by atoms with Crippen LogP contribution in [0, 0.1) is 53.3 Å². The Labute approximate surface area is 756 Å². The van der Waals surface area contributed by atoms with Gasteiger partial charge < -0.3 is 94.7 Å². The molecular formula is C105H133N3O20. The molecule has 0 aromatic heterocycles. The van der Waals surface area contributed by atoms with Crippen molar-refractivity contribution < 1.29 is 94.7 Å². The lowest BCUT2D eigenvalue weighted by atomic mass is 9.81. The van der Waals surface area contributed by atoms with Crippen LogP contribution in [0.3, 0.4) is 0 Å². The summed E-state index contributed by atoms with van der Waals surface area (Å²) >= 11 is 0. The van der Waals surface area contributed by atoms with Crippen LogP contribution in [0.5, 0.6) is 0 Å². The molecule has 6 aliphatic heterocycles. The molecule has 8 aromatic carbocycles. The minimum absolute atomic E-state index is 0.00283. The summed E-state index contributed by atoms with van der Waals surface area (Å²) in [6.45, 7) is 28.5. The number of hydrogen-bond donors (Lipinski definition) is 0. The van der Waals surface area contributed by atoms with E-state index >= 15 is 0 Å². The van der Waals surface area contributed by atoms with Crippen molar-refractivity contribution in [3.05, 3.63) is 298 Å². The molecule has 0 spiro atoms. The van der Waals surface area contributed by atoms with E-state index in [0.717, 1.165) is 50.9 Å². The molecule has 688 valence electrons. The Hall–Kier alpha value is -7.73. The predicted molar refractivity (Wildman–Crippen MR) is 482 cm³/mol. The Bertz CT molecular complexity index is 4600. The number of nitrogens with zero attached hydrogens (tertiary/aromatic N) is 3. The zero-order valence-corrected chi connectivity index (χ0v) is 76.2. The second kappa shape index (κ2) is 46.1. The van der Waals surface area contributed by atoms with Crippen LogP contribution < -0.4 is 0 Å². The maximum Gasteiger partial charge on any atom is 0.185 e. The van der Waals surface area contributed by atoms with E-state index in [4.69, 9.17) is 94.7 Å². The Morgan fingerprint density at radius 2 is 0.547 bits per heavy atom. The fourth-order valence-corrected chi connectivity index (χ4v) is 19.2. The Kier molecular flexibility index (Phi) is 34.2. The number of azide groups is 1. The summed E-state index contributed by atoms with van der Waals surface area (Å²) in [7, 11) is 0. The molecule has 1 saturated carbocycles. The van der Waals surface area contributed by atoms with E-state index in [1.165, 1.54) is 0 Å². The average molecular weight is 1760 g/mol. The molecule has 6 heterocycles. The van der Waals surface area contributed by atoms with E-state index in [-0.39, 0.29) is 112 Å². The fraction of sp³-hybridized carbons (Fsp3) is 0.543. The molecule has 15 rings (SSSR count). The van der Waals surface area contributed by atoms with Gasteiger partial charge in [-0.05, 0) is 124 Å². The third kappa shape index (κ3) is 24.2. The highest BCUT2D eigenvalue weighted by Gasteiger charge is 2.63. The summed E-state index contributed by atoms with van der Waals surface area (Å²) < 4.78 is 144. The summed E-state index contributed by atoms with van der Waals surface area (Å²) in [6, 6.07) is 79.6. The molecule has 15 unspecified atom stereocenters. The van der Waals surface area contributed by atoms with E-state index < -0.39 is 135 Å². The lowest BCUT2D eigenvalue weighted by Gasteiger charge is -2.52. The molecule has 23 heteroatoms. The van der Waals surface area contributed by atoms with Crippen molar-refractivity contribution in [1.82, 2.24) is 0 Å². The maximum absolute atomic E-state index is 11.0. The van der Waals surface area contributed by atoms with E-state index in [1.807, 2.05) is 227 Å². The lowest BCUT2D eigenvalue weighted by Crippen LogP contribution is -2.67. The molecule has 7 aliphatic rings. The van der Waals surface area contributed by atoms with Gasteiger partial charge in [0.2, 0.25) is 0 Å². The number of fused-ring (bicyclic) bond motifs is 1. The molecule has 128 heavy (non-hydrogen) atoms. The topological polar surface area (TPSA) is 233 Å². The summed E-state index contributed by atoms with van der Waals surface area (Å²) in [4.78, 5) is 3.56. The fourth-order valence-electron chi connectivity index (χ4n) is 19.2. The number of rotatable bonds is 40. The standard InChI is InChI=1S/C105H133N3O20/c1-13-83-66(2)72(8)93(125-103-91(113-58-79-46-30-18-31-47-79)70(6)67(3)85(120-103)63-110-55-76-40-24-15-25-41-76)104(118-83)124-92-73(9)69(5)84(62-109-54-75-38-22-14-23-39-75)119-101(92)117-65-86-68(4)71(7)90(112-57-78-44-28-17-29-45-78)102(121-86)123-89-74(10)88(107-108-106)100(122-87(89)64-111-56-77-42-26-16-27-43-77)126-97-95(115-60-81-50-34-20-35-51-81)94(114-59-80-48-32-19-33-49-80)96(98-99(97)128-105(11,12)127-98)116-61-82-52-36-21-37-53-82/h14-53,66-74,83-104H,13,54-65H2,1-12H3/t66-,67-,68-,69-,70+,71+,72+,73+,74-,83?,84?,85?,86?,87?,88?,89-,90?,91?,92?,93?,94?,95?,96?,97?,98+,99?,100+,101-,102+,103+,104+/m1/s1. The van der Waals surface area contributed by atoms with E-state index in [9.17, 15) is 5.53 Å². The lowest BCUT2D eigenvalue weighted by molar-refractivity contribution is -0.381. The zero-order valence-electron chi connectivity index (χ0n) is 76.2. The maximum atomic E-state index is 11.0. The molecule has 0 bridgehead atoms. The number of ether oxygens (including phenoxy) is 20. The van der Waals surface area contributed by atoms with E-state index in [1.54, 1.807) is 0 Å². The van der Waals surface area contributed by atoms with Crippen LogP contribution in [0.2, 0.25) is 0 Å². The minimum atomic E-state index is -1.27. The summed E-state index contributed by atoms with van der Waals surface area (Å²) in [5.41, 5.74) is 18.9. The molecule has 0 N–H and O–H groups in total. The summed E-state index contributed by atoms with van der Waals surface area (Å²) in [5, 5.41) is 4.62. The Morgan fingerprint density at radius 3 is 0.930 bits per heavy atom. The van der Waals surface area contributed by atoms with Crippen molar-refractivity contribution >= 4 is 0 Å². The normalized spacial score (nSPS) is 34.7. The molecule has 8 aromatic rings. The van der Waals surface area contributed by atoms with Gasteiger partial charge in [-0.25, -0.2) is 0 Å². The van der Waals surface area contributed by atoms with Crippen LogP contribution in [-0.4, -0.2) is 167 Å². The van der Waals surface area contributed by atoms with Gasteiger partial charge in [-0.2, -0.15) is 0 Å². The van der Waals surface area contributed by atoms with Crippen LogP contribution in [0.1, 0.15) is 134 Å². The van der Waals surface area contributed by atoms with E-state index in [2.05, 4.69) is 109 Å². The van der Waals surface area contributed by atoms with Crippen molar-refractivity contribution in [1.29, 1.82) is 0 Å². The zero-order chi connectivity index (χ0) is 89.0. The molecule has 0 amide bonds. The van der Waals surface area contributed by atoms with Gasteiger partial charge in [0.1, 0.15) is 67.1 Å². The highest BCUT2D eigenvalue weighted by Crippen LogP contribution is 2.48. The molecule has 1 aliphatic carbocycles. The van der Waals surface area contributed by atoms with Crippen molar-refractivity contribution in [3.63, 3.8) is 0 Å². The van der Waals surface area contributed by atoms with Gasteiger partial charge in [-0.3, -0.25) is 0 Å². The van der Waals surface area contributed by atoms with Crippen LogP contribution >= 0.6 is 0 Å². The van der Waals surface area contributed by atoms with Crippen LogP contribution in [0.4, 0.5) is 0 Å². The van der Waals surface area contributed by atoms with Gasteiger partial charge in [0.15, 0.2) is 37.2 Å². The number of benzene rings is 8. The molecular weight excluding hydrogens is 1620 g/mol. The first-order valence-electron chi connectivity index (χ1n) is 46.4. The summed E-state index contributed by atoms with van der Waals surface area (Å²) in [5.74, 6) is -2.50. The summed E-state index contributed by atoms with van der Waals surface area (Å²) in [6.07, 6.45) is -15.3. The van der Waals surface area contributed by atoms with Gasteiger partial charge in [0, 0.05) is 4.91 Å². The molecule has 31 atom stereocenters. The van der Waals surface area contributed by atoms with Gasteiger partial charge in [0.25, 0.3) is 0 Å². The molecule has 23 nitrogen and oxygen atoms in total. The molecule has 7 fully saturated rings. The highest BCUT2D eigenvalue weighted by molar-refractivity contribution is 5.21. The SMILES string of the molecule is CCC1O[C@@H](OC2[C@H](OCC3O[C@@H](O[C@H]4C(COCc5ccccc5)O[C@@H](OC5C(OCc6ccccc6)C(OCc6ccccc6)C(OCc6ccccc6)[C@@H]6OC(C)(C)OC56)C(N=[N+]=[N-])[C@H]4C)C(OCc4ccccc4)[C@@H](C)[C@H]3C)OC(COCc3ccccc3)[C@H](C)[C@@H]2C)C(O[C@@H]2OC(COCc3ccccc3)[C@H](C)[C@H](C)C2OCc2ccccc2)[C@@H](C)[C@H]1C. The van der Waals surface area contributed by atoms with Gasteiger partial charge in [-0.15, -0.1) is 0 Å². The minimum Gasteiger partial charge on any atom is -0.374 e. The third-order valence-corrected chi connectivity index (χ3v) is 27.6. The number of hydrogen-bond acceptors (Lipinski definition) is 21. The van der Waals surface area contributed by atoms with Crippen LogP contribution in [0.15, 0.2) is 248 Å². The van der Waals surface area contributed by atoms with Gasteiger partial charge in [-0.1, -0.05) is 317 Å². The Morgan fingerprint density at radius 1 is 0.273 bits per heavy atom. The monoisotopic (exact) mass is 1760 g/mol. The first kappa shape index (κ1) is 94.9. The van der Waals surface area contributed by atoms with Gasteiger partial charge >= 0.3 is 0 Å². The molecule has 0 radical (unpaired) electrons. The van der Waals surface area contributed by atoms with Crippen LogP contribution in [0.25, 0.3) is 10.4 Å². The van der Waals surface area contributed by atoms with Crippen LogP contribution in [-0.2, 0) is 148 Å². The predicted octanol–water partition coefficient (Wildman–Crippen LogP) is 19.1. The molecule has 6 saturated heterocycles.